The molecule has 0 saturated carbocycles. The van der Waals surface area contributed by atoms with Crippen LogP contribution in [0.25, 0.3) is 16.6 Å². The molecule has 3 aromatic heterocycles. The van der Waals surface area contributed by atoms with Crippen molar-refractivity contribution < 1.29 is 5.11 Å². The van der Waals surface area contributed by atoms with Crippen LogP contribution in [-0.2, 0) is 13.0 Å². The first-order valence-electron chi connectivity index (χ1n) is 11.4. The quantitative estimate of drug-likeness (QED) is 0.314. The van der Waals surface area contributed by atoms with Gasteiger partial charge in [0.1, 0.15) is 11.8 Å². The highest BCUT2D eigenvalue weighted by Crippen LogP contribution is 2.31. The van der Waals surface area contributed by atoms with Crippen LogP contribution in [0.5, 0.6) is 0 Å². The van der Waals surface area contributed by atoms with Crippen LogP contribution in [0.15, 0.2) is 90.1 Å². The lowest BCUT2D eigenvalue weighted by Crippen LogP contribution is -2.27. The summed E-state index contributed by atoms with van der Waals surface area (Å²) in [4.78, 5) is 17.1. The van der Waals surface area contributed by atoms with Crippen molar-refractivity contribution in [1.82, 2.24) is 19.2 Å². The summed E-state index contributed by atoms with van der Waals surface area (Å²) in [5, 5.41) is 18.1. The predicted molar refractivity (Wildman–Crippen MR) is 137 cm³/mol. The zero-order valence-electron chi connectivity index (χ0n) is 19.3. The van der Waals surface area contributed by atoms with Crippen molar-refractivity contribution in [2.24, 2.45) is 0 Å². The van der Waals surface area contributed by atoms with E-state index >= 15 is 0 Å². The Kier molecular flexibility index (Phi) is 6.03. The van der Waals surface area contributed by atoms with Gasteiger partial charge < -0.3 is 20.7 Å². The molecule has 0 aliphatic carbocycles. The average molecular weight is 467 g/mol. The first-order valence-corrected chi connectivity index (χ1v) is 11.4. The fourth-order valence-electron chi connectivity index (χ4n) is 4.25. The summed E-state index contributed by atoms with van der Waals surface area (Å²) >= 11 is 0. The highest BCUT2D eigenvalue weighted by Gasteiger charge is 2.16. The zero-order chi connectivity index (χ0) is 24.4. The Bertz CT molecular complexity index is 1520. The van der Waals surface area contributed by atoms with Crippen molar-refractivity contribution in [3.8, 4) is 11.1 Å². The molecule has 0 bridgehead atoms. The minimum Gasteiger partial charge on any atom is -0.382 e. The number of benzene rings is 2. The van der Waals surface area contributed by atoms with Crippen molar-refractivity contribution >= 4 is 17.0 Å². The smallest absolute Gasteiger partial charge is 0.258 e. The van der Waals surface area contributed by atoms with E-state index in [0.29, 0.717) is 18.1 Å². The number of nitrogens with two attached hydrogens (primary N) is 1. The topological polar surface area (TPSA) is 110 Å². The zero-order valence-corrected chi connectivity index (χ0v) is 19.3. The highest BCUT2D eigenvalue weighted by atomic mass is 16.3. The van der Waals surface area contributed by atoms with Crippen molar-refractivity contribution in [2.45, 2.75) is 26.1 Å². The molecule has 35 heavy (non-hydrogen) atoms. The monoisotopic (exact) mass is 466 g/mol. The van der Waals surface area contributed by atoms with Crippen LogP contribution in [0.1, 0.15) is 30.0 Å². The van der Waals surface area contributed by atoms with Crippen molar-refractivity contribution in [1.29, 1.82) is 0 Å². The third-order valence-corrected chi connectivity index (χ3v) is 6.06. The fraction of sp³-hybridized carbons (Fsp3) is 0.148. The standard InChI is InChI=1S/C27H26N6O2/c1-2-21-15-23(24-25(28)29-17-30-33(21)24)19-10-12-20(13-11-19)31-26(34)22-9-6-14-32(27(22)35)16-18-7-4-3-5-8-18/h3-15,17,26,31,34H,2,16H2,1H3,(H2,28,29,30). The minimum absolute atomic E-state index is 0.240. The molecule has 2 aromatic carbocycles. The van der Waals surface area contributed by atoms with Gasteiger partial charge in [-0.05, 0) is 47.9 Å². The number of rotatable bonds is 7. The van der Waals surface area contributed by atoms with Crippen LogP contribution in [0.3, 0.4) is 0 Å². The number of aliphatic hydroxyl groups is 1. The van der Waals surface area contributed by atoms with Gasteiger partial charge in [-0.1, -0.05) is 49.4 Å². The number of hydrogen-bond acceptors (Lipinski definition) is 6. The average Bonchev–Trinajstić information content (AvgIpc) is 3.26. The molecule has 0 spiro atoms. The molecule has 0 aliphatic rings. The van der Waals surface area contributed by atoms with Gasteiger partial charge in [0.05, 0.1) is 12.1 Å². The van der Waals surface area contributed by atoms with Gasteiger partial charge in [-0.15, -0.1) is 0 Å². The number of hydrogen-bond donors (Lipinski definition) is 3. The van der Waals surface area contributed by atoms with Gasteiger partial charge in [0, 0.05) is 23.1 Å². The molecule has 1 unspecified atom stereocenters. The highest BCUT2D eigenvalue weighted by molar-refractivity contribution is 5.88. The molecule has 0 radical (unpaired) electrons. The summed E-state index contributed by atoms with van der Waals surface area (Å²) in [5.74, 6) is 0.420. The van der Waals surface area contributed by atoms with E-state index in [-0.39, 0.29) is 11.1 Å². The summed E-state index contributed by atoms with van der Waals surface area (Å²) in [6.45, 7) is 2.50. The summed E-state index contributed by atoms with van der Waals surface area (Å²) in [7, 11) is 0. The minimum atomic E-state index is -1.15. The molecule has 0 saturated heterocycles. The molecule has 176 valence electrons. The Morgan fingerprint density at radius 1 is 1.06 bits per heavy atom. The van der Waals surface area contributed by atoms with Gasteiger partial charge in [0.15, 0.2) is 12.0 Å². The van der Waals surface area contributed by atoms with Gasteiger partial charge in [0.2, 0.25) is 0 Å². The predicted octanol–water partition coefficient (Wildman–Crippen LogP) is 3.85. The number of aromatic nitrogens is 4. The number of anilines is 2. The lowest BCUT2D eigenvalue weighted by atomic mass is 10.1. The molecule has 0 amide bonds. The number of aryl methyl sites for hydroxylation is 1. The molecular formula is C27H26N6O2. The second-order valence-electron chi connectivity index (χ2n) is 8.32. The molecule has 8 heteroatoms. The second-order valence-corrected chi connectivity index (χ2v) is 8.32. The van der Waals surface area contributed by atoms with E-state index in [1.807, 2.05) is 59.1 Å². The molecule has 1 atom stereocenters. The van der Waals surface area contributed by atoms with E-state index in [2.05, 4.69) is 28.4 Å². The number of fused-ring (bicyclic) bond motifs is 1. The van der Waals surface area contributed by atoms with Gasteiger partial charge in [0.25, 0.3) is 5.56 Å². The van der Waals surface area contributed by atoms with E-state index in [1.54, 1.807) is 22.9 Å². The summed E-state index contributed by atoms with van der Waals surface area (Å²) < 4.78 is 3.41. The van der Waals surface area contributed by atoms with Crippen LogP contribution in [-0.4, -0.2) is 24.3 Å². The lowest BCUT2D eigenvalue weighted by molar-refractivity contribution is 0.206. The first kappa shape index (κ1) is 22.4. The third-order valence-electron chi connectivity index (χ3n) is 6.06. The van der Waals surface area contributed by atoms with Gasteiger partial charge in [-0.2, -0.15) is 5.10 Å². The van der Waals surface area contributed by atoms with Crippen LogP contribution in [0.4, 0.5) is 11.5 Å². The number of aliphatic hydroxyl groups excluding tert-OH is 1. The Balaban J connectivity index is 1.38. The maximum Gasteiger partial charge on any atom is 0.258 e. The SMILES string of the molecule is CCc1cc(-c2ccc(NC(O)c3cccn(Cc4ccccc4)c3=O)cc2)c2c(N)ncnn12. The molecule has 3 heterocycles. The fourth-order valence-corrected chi connectivity index (χ4v) is 4.25. The van der Waals surface area contributed by atoms with E-state index in [9.17, 15) is 9.90 Å². The van der Waals surface area contributed by atoms with E-state index < -0.39 is 6.23 Å². The van der Waals surface area contributed by atoms with Crippen molar-refractivity contribution in [3.05, 3.63) is 112 Å². The Labute approximate surface area is 202 Å². The van der Waals surface area contributed by atoms with E-state index in [4.69, 9.17) is 5.73 Å². The van der Waals surface area contributed by atoms with Crippen LogP contribution in [0, 0.1) is 0 Å². The Morgan fingerprint density at radius 3 is 2.57 bits per heavy atom. The molecule has 0 fully saturated rings. The molecule has 8 nitrogen and oxygen atoms in total. The second kappa shape index (κ2) is 9.44. The normalized spacial score (nSPS) is 12.1. The molecule has 5 rings (SSSR count). The van der Waals surface area contributed by atoms with Gasteiger partial charge in [-0.3, -0.25) is 4.79 Å². The summed E-state index contributed by atoms with van der Waals surface area (Å²) in [6, 6.07) is 22.8. The first-order chi connectivity index (χ1) is 17.0. The van der Waals surface area contributed by atoms with Crippen LogP contribution < -0.4 is 16.6 Å². The maximum atomic E-state index is 13.0. The molecule has 5 aromatic rings. The maximum absolute atomic E-state index is 13.0. The van der Waals surface area contributed by atoms with E-state index in [1.165, 1.54) is 6.33 Å². The Hall–Kier alpha value is -4.43. The van der Waals surface area contributed by atoms with Crippen LogP contribution in [0.2, 0.25) is 0 Å². The summed E-state index contributed by atoms with van der Waals surface area (Å²) in [6.07, 6.45) is 2.84. The molecular weight excluding hydrogens is 440 g/mol. The molecule has 0 aliphatic heterocycles. The number of nitrogen functional groups attached to an aromatic ring is 1. The number of pyridine rings is 1. The van der Waals surface area contributed by atoms with Gasteiger partial charge in [-0.25, -0.2) is 9.50 Å². The summed E-state index contributed by atoms with van der Waals surface area (Å²) in [5.41, 5.74) is 11.6. The van der Waals surface area contributed by atoms with Crippen molar-refractivity contribution in [2.75, 3.05) is 11.1 Å². The van der Waals surface area contributed by atoms with E-state index in [0.717, 1.165) is 34.3 Å². The largest absolute Gasteiger partial charge is 0.382 e. The van der Waals surface area contributed by atoms with Gasteiger partial charge >= 0.3 is 0 Å². The Morgan fingerprint density at radius 2 is 1.83 bits per heavy atom. The number of nitrogens with zero attached hydrogens (tertiary/aromatic N) is 4. The third kappa shape index (κ3) is 4.39. The number of nitrogens with one attached hydrogen (secondary N) is 1. The lowest BCUT2D eigenvalue weighted by Gasteiger charge is -2.16. The molecule has 4 N–H and O–H groups in total. The van der Waals surface area contributed by atoms with Crippen molar-refractivity contribution in [3.63, 3.8) is 0 Å². The van der Waals surface area contributed by atoms with Crippen LogP contribution >= 0.6 is 0 Å².